The Labute approximate surface area is 146 Å². The van der Waals surface area contributed by atoms with Gasteiger partial charge in [-0.25, -0.2) is 4.79 Å². The van der Waals surface area contributed by atoms with Crippen LogP contribution in [0.5, 0.6) is 17.2 Å². The molecule has 132 valence electrons. The molecule has 0 aliphatic heterocycles. The van der Waals surface area contributed by atoms with E-state index in [1.165, 1.54) is 0 Å². The van der Waals surface area contributed by atoms with Crippen molar-refractivity contribution in [3.05, 3.63) is 54.1 Å². The normalized spacial score (nSPS) is 11.7. The fourth-order valence-corrected chi connectivity index (χ4v) is 2.19. The molecule has 1 atom stereocenters. The summed E-state index contributed by atoms with van der Waals surface area (Å²) in [7, 11) is 1.59. The van der Waals surface area contributed by atoms with E-state index in [4.69, 9.17) is 14.6 Å². The lowest BCUT2D eigenvalue weighted by Gasteiger charge is -2.18. The van der Waals surface area contributed by atoms with Gasteiger partial charge in [-0.05, 0) is 54.4 Å². The minimum atomic E-state index is -1.05. The van der Waals surface area contributed by atoms with E-state index < -0.39 is 17.9 Å². The molecule has 0 saturated carbocycles. The maximum absolute atomic E-state index is 12.2. The number of ether oxygens (including phenoxy) is 2. The molecule has 1 amide bonds. The number of carbonyl (C=O) groups is 2. The third-order valence-corrected chi connectivity index (χ3v) is 3.63. The smallest absolute Gasteiger partial charge is 0.326 e. The number of carboxylic acid groups (broad SMARTS) is 1. The van der Waals surface area contributed by atoms with Gasteiger partial charge in [0.25, 0.3) is 5.91 Å². The maximum atomic E-state index is 12.2. The predicted octanol–water partition coefficient (Wildman–Crippen LogP) is 3.33. The predicted molar refractivity (Wildman–Crippen MR) is 93.2 cm³/mol. The van der Waals surface area contributed by atoms with Crippen LogP contribution >= 0.6 is 0 Å². The summed E-state index contributed by atoms with van der Waals surface area (Å²) >= 11 is 0. The quantitative estimate of drug-likeness (QED) is 0.805. The van der Waals surface area contributed by atoms with Crippen molar-refractivity contribution in [2.45, 2.75) is 19.9 Å². The molecular formula is C19H21NO5. The first-order chi connectivity index (χ1) is 11.9. The molecule has 25 heavy (non-hydrogen) atoms. The van der Waals surface area contributed by atoms with Gasteiger partial charge in [0.1, 0.15) is 23.3 Å². The largest absolute Gasteiger partial charge is 0.497 e. The molecule has 0 bridgehead atoms. The fourth-order valence-electron chi connectivity index (χ4n) is 2.19. The van der Waals surface area contributed by atoms with Crippen LogP contribution in [0, 0.1) is 5.92 Å². The highest BCUT2D eigenvalue weighted by molar-refractivity contribution is 5.96. The Bertz CT molecular complexity index is 722. The second-order valence-corrected chi connectivity index (χ2v) is 5.84. The molecule has 0 aliphatic rings. The summed E-state index contributed by atoms with van der Waals surface area (Å²) in [5, 5.41) is 11.7. The lowest BCUT2D eigenvalue weighted by Crippen LogP contribution is -2.44. The van der Waals surface area contributed by atoms with Crippen LogP contribution in [-0.4, -0.2) is 30.1 Å². The summed E-state index contributed by atoms with van der Waals surface area (Å²) in [5.74, 6) is 0.251. The van der Waals surface area contributed by atoms with Crippen LogP contribution < -0.4 is 14.8 Å². The molecule has 0 radical (unpaired) electrons. The first kappa shape index (κ1) is 18.3. The molecule has 0 aliphatic carbocycles. The Balaban J connectivity index is 2.03. The zero-order valence-corrected chi connectivity index (χ0v) is 14.4. The average molecular weight is 343 g/mol. The molecular weight excluding hydrogens is 322 g/mol. The van der Waals surface area contributed by atoms with Crippen LogP contribution in [0.1, 0.15) is 24.2 Å². The lowest BCUT2D eigenvalue weighted by molar-refractivity contribution is -0.140. The van der Waals surface area contributed by atoms with Crippen molar-refractivity contribution in [1.82, 2.24) is 5.32 Å². The van der Waals surface area contributed by atoms with E-state index in [1.807, 2.05) is 0 Å². The van der Waals surface area contributed by atoms with Gasteiger partial charge in [-0.15, -0.1) is 0 Å². The number of benzene rings is 2. The van der Waals surface area contributed by atoms with E-state index in [-0.39, 0.29) is 5.92 Å². The minimum absolute atomic E-state index is 0.209. The lowest BCUT2D eigenvalue weighted by atomic mass is 10.0. The summed E-state index contributed by atoms with van der Waals surface area (Å²) < 4.78 is 10.8. The molecule has 6 nitrogen and oxygen atoms in total. The van der Waals surface area contributed by atoms with E-state index in [0.717, 1.165) is 5.75 Å². The standard InChI is InChI=1S/C19H21NO5/c1-12(2)17(19(22)23)20-18(21)13-4-6-15(7-5-13)25-16-10-8-14(24-3)9-11-16/h4-12,17H,1-3H3,(H,20,21)(H,22,23)/t17-/m0/s1. The summed E-state index contributed by atoms with van der Waals surface area (Å²) in [6.45, 7) is 3.48. The molecule has 2 N–H and O–H groups in total. The number of carbonyl (C=O) groups excluding carboxylic acids is 1. The number of aliphatic carboxylic acids is 1. The number of rotatable bonds is 7. The molecule has 0 fully saturated rings. The van der Waals surface area contributed by atoms with Crippen molar-refractivity contribution >= 4 is 11.9 Å². The van der Waals surface area contributed by atoms with E-state index in [1.54, 1.807) is 69.5 Å². The van der Waals surface area contributed by atoms with Crippen LogP contribution in [0.3, 0.4) is 0 Å². The molecule has 0 aromatic heterocycles. The number of methoxy groups -OCH3 is 1. The van der Waals surface area contributed by atoms with E-state index >= 15 is 0 Å². The highest BCUT2D eigenvalue weighted by Crippen LogP contribution is 2.24. The first-order valence-electron chi connectivity index (χ1n) is 7.86. The van der Waals surface area contributed by atoms with Crippen molar-refractivity contribution in [2.75, 3.05) is 7.11 Å². The van der Waals surface area contributed by atoms with Crippen molar-refractivity contribution in [3.63, 3.8) is 0 Å². The number of amides is 1. The molecule has 2 rings (SSSR count). The van der Waals surface area contributed by atoms with Crippen molar-refractivity contribution in [2.24, 2.45) is 5.92 Å². The number of carboxylic acids is 1. The summed E-state index contributed by atoms with van der Waals surface area (Å²) in [6.07, 6.45) is 0. The second kappa shape index (κ2) is 8.19. The Morgan fingerprint density at radius 2 is 1.40 bits per heavy atom. The highest BCUT2D eigenvalue weighted by Gasteiger charge is 2.23. The molecule has 0 saturated heterocycles. The average Bonchev–Trinajstić information content (AvgIpc) is 2.60. The van der Waals surface area contributed by atoms with Crippen molar-refractivity contribution in [1.29, 1.82) is 0 Å². The Morgan fingerprint density at radius 3 is 1.84 bits per heavy atom. The first-order valence-corrected chi connectivity index (χ1v) is 7.86. The van der Waals surface area contributed by atoms with E-state index in [2.05, 4.69) is 5.32 Å². The Morgan fingerprint density at radius 1 is 0.920 bits per heavy atom. The topological polar surface area (TPSA) is 84.9 Å². The van der Waals surface area contributed by atoms with Crippen molar-refractivity contribution < 1.29 is 24.2 Å². The van der Waals surface area contributed by atoms with Crippen LogP contribution in [-0.2, 0) is 4.79 Å². The third kappa shape index (κ3) is 4.97. The summed E-state index contributed by atoms with van der Waals surface area (Å²) in [4.78, 5) is 23.3. The van der Waals surface area contributed by atoms with Gasteiger partial charge < -0.3 is 19.9 Å². The van der Waals surface area contributed by atoms with Crippen molar-refractivity contribution in [3.8, 4) is 17.2 Å². The van der Waals surface area contributed by atoms with Crippen LogP contribution in [0.2, 0.25) is 0 Å². The molecule has 2 aromatic rings. The van der Waals surface area contributed by atoms with Gasteiger partial charge in [0, 0.05) is 5.56 Å². The van der Waals surface area contributed by atoms with Gasteiger partial charge >= 0.3 is 5.97 Å². The third-order valence-electron chi connectivity index (χ3n) is 3.63. The molecule has 0 unspecified atom stereocenters. The zero-order valence-electron chi connectivity index (χ0n) is 14.4. The van der Waals surface area contributed by atoms with Gasteiger partial charge in [-0.2, -0.15) is 0 Å². The summed E-state index contributed by atoms with van der Waals surface area (Å²) in [6, 6.07) is 12.7. The molecule has 6 heteroatoms. The zero-order chi connectivity index (χ0) is 18.4. The van der Waals surface area contributed by atoms with Gasteiger partial charge in [0.15, 0.2) is 0 Å². The van der Waals surface area contributed by atoms with Crippen LogP contribution in [0.25, 0.3) is 0 Å². The van der Waals surface area contributed by atoms with Gasteiger partial charge in [0.05, 0.1) is 7.11 Å². The number of hydrogen-bond acceptors (Lipinski definition) is 4. The van der Waals surface area contributed by atoms with Gasteiger partial charge in [0.2, 0.25) is 0 Å². The van der Waals surface area contributed by atoms with E-state index in [0.29, 0.717) is 17.1 Å². The van der Waals surface area contributed by atoms with E-state index in [9.17, 15) is 9.59 Å². The summed E-state index contributed by atoms with van der Waals surface area (Å²) in [5.41, 5.74) is 0.369. The monoisotopic (exact) mass is 343 g/mol. The number of hydrogen-bond donors (Lipinski definition) is 2. The van der Waals surface area contributed by atoms with Crippen LogP contribution in [0.4, 0.5) is 0 Å². The molecule has 0 spiro atoms. The fraction of sp³-hybridized carbons (Fsp3) is 0.263. The highest BCUT2D eigenvalue weighted by atomic mass is 16.5. The van der Waals surface area contributed by atoms with Crippen LogP contribution in [0.15, 0.2) is 48.5 Å². The maximum Gasteiger partial charge on any atom is 0.326 e. The molecule has 2 aromatic carbocycles. The Hall–Kier alpha value is -3.02. The Kier molecular flexibility index (Phi) is 6.00. The SMILES string of the molecule is COc1ccc(Oc2ccc(C(=O)N[C@H](C(=O)O)C(C)C)cc2)cc1. The number of nitrogens with one attached hydrogen (secondary N) is 1. The second-order valence-electron chi connectivity index (χ2n) is 5.84. The minimum Gasteiger partial charge on any atom is -0.497 e. The van der Waals surface area contributed by atoms with Gasteiger partial charge in [-0.1, -0.05) is 13.8 Å². The van der Waals surface area contributed by atoms with Gasteiger partial charge in [-0.3, -0.25) is 4.79 Å². The molecule has 0 heterocycles.